The second kappa shape index (κ2) is 6.86. The fraction of sp³-hybridized carbons (Fsp3) is 0.500. The zero-order valence-electron chi connectivity index (χ0n) is 7.15. The van der Waals surface area contributed by atoms with Crippen molar-refractivity contribution in [3.05, 3.63) is 12.7 Å². The predicted octanol–water partition coefficient (Wildman–Crippen LogP) is -0.573. The molecule has 2 N–H and O–H groups in total. The molecule has 0 radical (unpaired) electrons. The Hall–Kier alpha value is -0.520. The van der Waals surface area contributed by atoms with Gasteiger partial charge in [-0.3, -0.25) is 13.3 Å². The lowest BCUT2D eigenvalue weighted by molar-refractivity contribution is 0.296. The Kier molecular flexibility index (Phi) is 7.81. The average Bonchev–Trinajstić information content (AvgIpc) is 1.99. The van der Waals surface area contributed by atoms with Crippen LogP contribution in [-0.4, -0.2) is 39.7 Å². The van der Waals surface area contributed by atoms with Crippen molar-refractivity contribution in [3.63, 3.8) is 0 Å². The van der Waals surface area contributed by atoms with Gasteiger partial charge in [-0.1, -0.05) is 6.08 Å². The van der Waals surface area contributed by atoms with Crippen LogP contribution in [0.2, 0.25) is 0 Å². The van der Waals surface area contributed by atoms with Gasteiger partial charge in [0.05, 0.1) is 13.7 Å². The molecule has 0 aliphatic carbocycles. The molecule has 0 rings (SSSR count). The van der Waals surface area contributed by atoms with Crippen LogP contribution in [0.1, 0.15) is 0 Å². The van der Waals surface area contributed by atoms with Crippen LogP contribution in [0.3, 0.4) is 0 Å². The first-order chi connectivity index (χ1) is 6.12. The fourth-order valence-corrected chi connectivity index (χ4v) is 0.402. The van der Waals surface area contributed by atoms with Gasteiger partial charge in [-0.2, -0.15) is 16.8 Å². The van der Waals surface area contributed by atoms with Crippen molar-refractivity contribution in [2.45, 2.75) is 0 Å². The smallest absolute Gasteiger partial charge is 0.264 e. The summed E-state index contributed by atoms with van der Waals surface area (Å²) in [5, 5.41) is 0. The van der Waals surface area contributed by atoms with Crippen molar-refractivity contribution < 1.29 is 34.3 Å². The molecule has 0 aliphatic rings. The average molecular weight is 250 g/mol. The van der Waals surface area contributed by atoms with E-state index in [0.717, 1.165) is 7.11 Å². The molecule has 0 spiro atoms. The van der Waals surface area contributed by atoms with Gasteiger partial charge in [-0.25, -0.2) is 4.18 Å². The van der Waals surface area contributed by atoms with E-state index in [0.29, 0.717) is 0 Å². The first-order valence-electron chi connectivity index (χ1n) is 2.88. The van der Waals surface area contributed by atoms with Gasteiger partial charge >= 0.3 is 20.8 Å². The Morgan fingerprint density at radius 1 is 1.21 bits per heavy atom. The summed E-state index contributed by atoms with van der Waals surface area (Å²) < 4.78 is 60.7. The maximum absolute atomic E-state index is 9.68. The van der Waals surface area contributed by atoms with Crippen LogP contribution >= 0.6 is 0 Å². The molecule has 8 nitrogen and oxygen atoms in total. The molecule has 0 heterocycles. The number of hydrogen-bond donors (Lipinski definition) is 2. The zero-order valence-corrected chi connectivity index (χ0v) is 8.78. The summed E-state index contributed by atoms with van der Waals surface area (Å²) in [5.74, 6) is 0. The largest absolute Gasteiger partial charge is 0.397 e. The van der Waals surface area contributed by atoms with Crippen molar-refractivity contribution in [2.24, 2.45) is 0 Å². The van der Waals surface area contributed by atoms with E-state index in [4.69, 9.17) is 9.11 Å². The third-order valence-corrected chi connectivity index (χ3v) is 1.40. The van der Waals surface area contributed by atoms with E-state index in [1.165, 1.54) is 6.08 Å². The molecule has 86 valence electrons. The minimum absolute atomic E-state index is 0.196. The standard InChI is InChI=1S/C3H6O4S.CH4O4S/c1-2-3-7-8(4,5)6;1-5-6(2,3)4/h2H,1,3H2,(H,4,5,6);1H3,(H,2,3,4). The Balaban J connectivity index is 0. The van der Waals surface area contributed by atoms with E-state index in [9.17, 15) is 16.8 Å². The molecule has 0 aromatic heterocycles. The third-order valence-electron chi connectivity index (χ3n) is 0.545. The third kappa shape index (κ3) is 22.5. The molecular formula is C4H10O8S2. The van der Waals surface area contributed by atoms with Crippen LogP contribution in [0.5, 0.6) is 0 Å². The Morgan fingerprint density at radius 2 is 1.57 bits per heavy atom. The van der Waals surface area contributed by atoms with Crippen molar-refractivity contribution >= 4 is 20.8 Å². The van der Waals surface area contributed by atoms with E-state index >= 15 is 0 Å². The molecule has 0 aliphatic heterocycles. The zero-order chi connectivity index (χ0) is 11.8. The minimum Gasteiger partial charge on any atom is -0.264 e. The van der Waals surface area contributed by atoms with Gasteiger partial charge in [0.1, 0.15) is 0 Å². The van der Waals surface area contributed by atoms with Gasteiger partial charge in [-0.05, 0) is 0 Å². The Bertz CT molecular complexity index is 338. The lowest BCUT2D eigenvalue weighted by atomic mass is 10.7. The summed E-state index contributed by atoms with van der Waals surface area (Å²) in [4.78, 5) is 0. The lowest BCUT2D eigenvalue weighted by Gasteiger charge is -1.90. The van der Waals surface area contributed by atoms with Gasteiger partial charge in [0.15, 0.2) is 0 Å². The highest BCUT2D eigenvalue weighted by molar-refractivity contribution is 7.81. The molecule has 0 aromatic rings. The first-order valence-corrected chi connectivity index (χ1v) is 5.61. The highest BCUT2D eigenvalue weighted by atomic mass is 32.3. The van der Waals surface area contributed by atoms with Gasteiger partial charge in [0, 0.05) is 0 Å². The minimum atomic E-state index is -4.26. The summed E-state index contributed by atoms with van der Waals surface area (Å²) in [6, 6.07) is 0. The summed E-state index contributed by atoms with van der Waals surface area (Å²) >= 11 is 0. The molecular weight excluding hydrogens is 240 g/mol. The van der Waals surface area contributed by atoms with Gasteiger partial charge in [0.25, 0.3) is 0 Å². The van der Waals surface area contributed by atoms with Crippen LogP contribution in [0.4, 0.5) is 0 Å². The van der Waals surface area contributed by atoms with Crippen molar-refractivity contribution in [1.82, 2.24) is 0 Å². The molecule has 0 fully saturated rings. The summed E-state index contributed by atoms with van der Waals surface area (Å²) in [5.41, 5.74) is 0. The predicted molar refractivity (Wildman–Crippen MR) is 46.3 cm³/mol. The lowest BCUT2D eigenvalue weighted by Crippen LogP contribution is -2.02. The Labute approximate surface area is 82.1 Å². The van der Waals surface area contributed by atoms with Crippen LogP contribution < -0.4 is 0 Å². The van der Waals surface area contributed by atoms with E-state index in [-0.39, 0.29) is 6.61 Å². The molecule has 0 saturated heterocycles. The Morgan fingerprint density at radius 3 is 1.64 bits per heavy atom. The topological polar surface area (TPSA) is 127 Å². The normalized spacial score (nSPS) is 11.4. The van der Waals surface area contributed by atoms with Gasteiger partial charge in [-0.15, -0.1) is 6.58 Å². The second-order valence-corrected chi connectivity index (χ2v) is 3.88. The van der Waals surface area contributed by atoms with Crippen molar-refractivity contribution in [1.29, 1.82) is 0 Å². The van der Waals surface area contributed by atoms with Gasteiger partial charge in [0.2, 0.25) is 0 Å². The van der Waals surface area contributed by atoms with E-state index < -0.39 is 20.8 Å². The molecule has 0 amide bonds. The maximum atomic E-state index is 9.68. The van der Waals surface area contributed by atoms with Crippen LogP contribution in [0, 0.1) is 0 Å². The van der Waals surface area contributed by atoms with Crippen LogP contribution in [0.25, 0.3) is 0 Å². The summed E-state index contributed by atoms with van der Waals surface area (Å²) in [6.45, 7) is 2.97. The fourth-order valence-electron chi connectivity index (χ4n) is 0.134. The number of hydrogen-bond acceptors (Lipinski definition) is 6. The van der Waals surface area contributed by atoms with Crippen molar-refractivity contribution in [2.75, 3.05) is 13.7 Å². The second-order valence-electron chi connectivity index (χ2n) is 1.60. The molecule has 0 atom stereocenters. The molecule has 10 heteroatoms. The van der Waals surface area contributed by atoms with E-state index in [1.54, 1.807) is 0 Å². The van der Waals surface area contributed by atoms with E-state index in [1.807, 2.05) is 0 Å². The first kappa shape index (κ1) is 15.9. The molecule has 0 saturated carbocycles. The quantitative estimate of drug-likeness (QED) is 0.501. The molecule has 0 aromatic carbocycles. The SMILES string of the molecule is C=CCOS(=O)(=O)O.COS(=O)(=O)O. The highest BCUT2D eigenvalue weighted by Crippen LogP contribution is 1.83. The van der Waals surface area contributed by atoms with Crippen LogP contribution in [0.15, 0.2) is 12.7 Å². The summed E-state index contributed by atoms with van der Waals surface area (Å²) in [7, 11) is -7.55. The maximum Gasteiger partial charge on any atom is 0.397 e. The van der Waals surface area contributed by atoms with E-state index in [2.05, 4.69) is 14.9 Å². The molecule has 0 bridgehead atoms. The molecule has 0 unspecified atom stereocenters. The van der Waals surface area contributed by atoms with Crippen LogP contribution in [-0.2, 0) is 29.2 Å². The summed E-state index contributed by atoms with van der Waals surface area (Å²) in [6.07, 6.45) is 1.22. The van der Waals surface area contributed by atoms with Crippen molar-refractivity contribution in [3.8, 4) is 0 Å². The number of rotatable bonds is 4. The highest BCUT2D eigenvalue weighted by Gasteiger charge is 1.99. The molecule has 14 heavy (non-hydrogen) atoms. The van der Waals surface area contributed by atoms with Gasteiger partial charge < -0.3 is 0 Å². The monoisotopic (exact) mass is 250 g/mol.